The standard InChI is InChI=1S/C18H29N7O6/c1-9(2)15(18(30)31)25-14(27)7-22-17(29)12(5-10-6-21-8-23-10)24-16(28)11(19)3-4-13(20)26/h6,8-9,11-12,15H,3-5,7,19H2,1-2H3,(H2,20,26)(H,21,23)(H,22,29)(H,24,28)(H,25,27)(H,30,31). The van der Waals surface area contributed by atoms with Gasteiger partial charge in [-0.1, -0.05) is 13.8 Å². The van der Waals surface area contributed by atoms with E-state index in [0.717, 1.165) is 0 Å². The van der Waals surface area contributed by atoms with Crippen LogP contribution in [0.4, 0.5) is 0 Å². The van der Waals surface area contributed by atoms with Crippen LogP contribution >= 0.6 is 0 Å². The second-order valence-corrected chi connectivity index (χ2v) is 7.30. The third-order valence-electron chi connectivity index (χ3n) is 4.32. The maximum atomic E-state index is 12.6. The quantitative estimate of drug-likeness (QED) is 0.172. The van der Waals surface area contributed by atoms with Crippen molar-refractivity contribution in [3.63, 3.8) is 0 Å². The molecule has 4 amide bonds. The van der Waals surface area contributed by atoms with Gasteiger partial charge in [0.15, 0.2) is 0 Å². The van der Waals surface area contributed by atoms with Crippen molar-refractivity contribution in [1.82, 2.24) is 25.9 Å². The number of aromatic nitrogens is 2. The van der Waals surface area contributed by atoms with Crippen LogP contribution in [-0.4, -0.2) is 69.3 Å². The number of primary amides is 1. The van der Waals surface area contributed by atoms with E-state index in [2.05, 4.69) is 25.9 Å². The van der Waals surface area contributed by atoms with Crippen LogP contribution in [0, 0.1) is 5.92 Å². The number of H-pyrrole nitrogens is 1. The highest BCUT2D eigenvalue weighted by Gasteiger charge is 2.27. The van der Waals surface area contributed by atoms with Gasteiger partial charge in [-0.25, -0.2) is 9.78 Å². The van der Waals surface area contributed by atoms with Crippen LogP contribution in [-0.2, 0) is 30.4 Å². The predicted molar refractivity (Wildman–Crippen MR) is 108 cm³/mol. The highest BCUT2D eigenvalue weighted by atomic mass is 16.4. The van der Waals surface area contributed by atoms with Gasteiger partial charge in [0, 0.05) is 24.7 Å². The van der Waals surface area contributed by atoms with Crippen LogP contribution in [0.1, 0.15) is 32.4 Å². The molecule has 0 aliphatic rings. The maximum absolute atomic E-state index is 12.6. The third kappa shape index (κ3) is 9.25. The Hall–Kier alpha value is -3.48. The molecule has 0 aliphatic heterocycles. The van der Waals surface area contributed by atoms with Gasteiger partial charge in [-0.05, 0) is 12.3 Å². The second kappa shape index (κ2) is 12.3. The number of nitrogens with one attached hydrogen (secondary N) is 4. The molecular weight excluding hydrogens is 410 g/mol. The SMILES string of the molecule is CC(C)C(NC(=O)CNC(=O)C(Cc1cnc[nH]1)NC(=O)C(N)CCC(N)=O)C(=O)O. The first-order chi connectivity index (χ1) is 14.5. The minimum atomic E-state index is -1.19. The summed E-state index contributed by atoms with van der Waals surface area (Å²) in [6, 6.07) is -3.26. The molecule has 172 valence electrons. The average molecular weight is 439 g/mol. The molecule has 0 saturated heterocycles. The number of hydrogen-bond donors (Lipinski definition) is 7. The van der Waals surface area contributed by atoms with E-state index >= 15 is 0 Å². The molecule has 0 radical (unpaired) electrons. The highest BCUT2D eigenvalue weighted by Crippen LogP contribution is 2.03. The molecule has 0 bridgehead atoms. The van der Waals surface area contributed by atoms with Crippen molar-refractivity contribution in [1.29, 1.82) is 0 Å². The summed E-state index contributed by atoms with van der Waals surface area (Å²) in [5.74, 6) is -4.20. The van der Waals surface area contributed by atoms with Crippen molar-refractivity contribution in [3.8, 4) is 0 Å². The number of amides is 4. The van der Waals surface area contributed by atoms with Crippen molar-refractivity contribution in [2.75, 3.05) is 6.54 Å². The average Bonchev–Trinajstić information content (AvgIpc) is 3.20. The predicted octanol–water partition coefficient (Wildman–Crippen LogP) is -2.63. The summed E-state index contributed by atoms with van der Waals surface area (Å²) < 4.78 is 0. The number of aliphatic carboxylic acids is 1. The molecule has 1 heterocycles. The van der Waals surface area contributed by atoms with E-state index in [1.54, 1.807) is 13.8 Å². The number of nitrogens with two attached hydrogens (primary N) is 2. The number of imidazole rings is 1. The number of hydrogen-bond acceptors (Lipinski definition) is 7. The molecule has 1 rings (SSSR count). The zero-order valence-electron chi connectivity index (χ0n) is 17.4. The van der Waals surface area contributed by atoms with Gasteiger partial charge in [0.25, 0.3) is 0 Å². The summed E-state index contributed by atoms with van der Waals surface area (Å²) >= 11 is 0. The second-order valence-electron chi connectivity index (χ2n) is 7.30. The Labute approximate surface area is 178 Å². The lowest BCUT2D eigenvalue weighted by Crippen LogP contribution is -2.54. The van der Waals surface area contributed by atoms with E-state index in [9.17, 15) is 24.0 Å². The Morgan fingerprint density at radius 1 is 1.16 bits per heavy atom. The van der Waals surface area contributed by atoms with Gasteiger partial charge >= 0.3 is 5.97 Å². The van der Waals surface area contributed by atoms with Crippen molar-refractivity contribution in [2.24, 2.45) is 17.4 Å². The van der Waals surface area contributed by atoms with Crippen molar-refractivity contribution >= 4 is 29.6 Å². The Morgan fingerprint density at radius 3 is 2.35 bits per heavy atom. The molecule has 0 aliphatic carbocycles. The molecule has 3 atom stereocenters. The number of carbonyl (C=O) groups excluding carboxylic acids is 4. The zero-order valence-corrected chi connectivity index (χ0v) is 17.4. The minimum Gasteiger partial charge on any atom is -0.480 e. The maximum Gasteiger partial charge on any atom is 0.326 e. The summed E-state index contributed by atoms with van der Waals surface area (Å²) in [7, 11) is 0. The van der Waals surface area contributed by atoms with Crippen LogP contribution in [0.15, 0.2) is 12.5 Å². The number of carbonyl (C=O) groups is 5. The topological polar surface area (TPSA) is 222 Å². The third-order valence-corrected chi connectivity index (χ3v) is 4.32. The van der Waals surface area contributed by atoms with E-state index < -0.39 is 54.3 Å². The van der Waals surface area contributed by atoms with Crippen LogP contribution in [0.25, 0.3) is 0 Å². The molecule has 0 spiro atoms. The molecule has 1 aromatic heterocycles. The zero-order chi connectivity index (χ0) is 23.6. The normalized spacial score (nSPS) is 13.7. The largest absolute Gasteiger partial charge is 0.480 e. The summed E-state index contributed by atoms with van der Waals surface area (Å²) in [5.41, 5.74) is 11.3. The van der Waals surface area contributed by atoms with Crippen molar-refractivity contribution in [3.05, 3.63) is 18.2 Å². The molecule has 1 aromatic rings. The molecule has 13 nitrogen and oxygen atoms in total. The fourth-order valence-electron chi connectivity index (χ4n) is 2.56. The Balaban J connectivity index is 2.73. The van der Waals surface area contributed by atoms with Gasteiger partial charge in [-0.2, -0.15) is 0 Å². The minimum absolute atomic E-state index is 0.00769. The lowest BCUT2D eigenvalue weighted by molar-refractivity contribution is -0.143. The highest BCUT2D eigenvalue weighted by molar-refractivity contribution is 5.92. The Morgan fingerprint density at radius 2 is 1.84 bits per heavy atom. The van der Waals surface area contributed by atoms with Gasteiger partial charge < -0.3 is 37.5 Å². The van der Waals surface area contributed by atoms with Crippen LogP contribution in [0.5, 0.6) is 0 Å². The van der Waals surface area contributed by atoms with Crippen molar-refractivity contribution < 1.29 is 29.1 Å². The molecule has 0 aromatic carbocycles. The molecular formula is C18H29N7O6. The van der Waals surface area contributed by atoms with Crippen molar-refractivity contribution in [2.45, 2.75) is 51.2 Å². The van der Waals surface area contributed by atoms with Crippen LogP contribution in [0.3, 0.4) is 0 Å². The lowest BCUT2D eigenvalue weighted by Gasteiger charge is -2.21. The van der Waals surface area contributed by atoms with Gasteiger partial charge in [0.05, 0.1) is 18.9 Å². The Kier molecular flexibility index (Phi) is 10.1. The first-order valence-corrected chi connectivity index (χ1v) is 9.62. The first kappa shape index (κ1) is 25.6. The smallest absolute Gasteiger partial charge is 0.326 e. The lowest BCUT2D eigenvalue weighted by atomic mass is 10.0. The summed E-state index contributed by atoms with van der Waals surface area (Å²) in [6.45, 7) is 2.78. The van der Waals surface area contributed by atoms with E-state index in [4.69, 9.17) is 16.6 Å². The number of rotatable bonds is 13. The summed E-state index contributed by atoms with van der Waals surface area (Å²) in [5, 5.41) is 16.3. The van der Waals surface area contributed by atoms with Crippen LogP contribution < -0.4 is 27.4 Å². The van der Waals surface area contributed by atoms with Gasteiger partial charge in [0.2, 0.25) is 23.6 Å². The summed E-state index contributed by atoms with van der Waals surface area (Å²) in [6.07, 6.45) is 2.81. The van der Waals surface area contributed by atoms with E-state index in [-0.39, 0.29) is 25.2 Å². The number of carboxylic acid groups (broad SMARTS) is 1. The fraction of sp³-hybridized carbons (Fsp3) is 0.556. The van der Waals surface area contributed by atoms with Gasteiger partial charge in [-0.15, -0.1) is 0 Å². The van der Waals surface area contributed by atoms with Gasteiger partial charge in [-0.3, -0.25) is 19.2 Å². The fourth-order valence-corrected chi connectivity index (χ4v) is 2.56. The number of aromatic amines is 1. The number of carboxylic acids is 1. The molecule has 9 N–H and O–H groups in total. The Bertz CT molecular complexity index is 780. The monoisotopic (exact) mass is 439 g/mol. The summed E-state index contributed by atoms with van der Waals surface area (Å²) in [4.78, 5) is 65.6. The van der Waals surface area contributed by atoms with Crippen LogP contribution in [0.2, 0.25) is 0 Å². The molecule has 31 heavy (non-hydrogen) atoms. The first-order valence-electron chi connectivity index (χ1n) is 9.62. The molecule has 13 heteroatoms. The van der Waals surface area contributed by atoms with E-state index in [1.807, 2.05) is 0 Å². The molecule has 0 saturated carbocycles. The molecule has 3 unspecified atom stereocenters. The van der Waals surface area contributed by atoms with E-state index in [1.165, 1.54) is 12.5 Å². The number of nitrogens with zero attached hydrogens (tertiary/aromatic N) is 1. The van der Waals surface area contributed by atoms with E-state index in [0.29, 0.717) is 5.69 Å². The van der Waals surface area contributed by atoms with Gasteiger partial charge in [0.1, 0.15) is 12.1 Å². The molecule has 0 fully saturated rings.